The minimum Gasteiger partial charge on any atom is -0.356 e. The van der Waals surface area contributed by atoms with Crippen LogP contribution in [0.5, 0.6) is 0 Å². The number of H-pyrrole nitrogens is 1. The lowest BCUT2D eigenvalue weighted by Gasteiger charge is -2.33. The quantitative estimate of drug-likeness (QED) is 0.583. The van der Waals surface area contributed by atoms with Crippen LogP contribution in [0.25, 0.3) is 11.0 Å². The van der Waals surface area contributed by atoms with E-state index in [1.807, 2.05) is 6.07 Å². The molecule has 0 aliphatic carbocycles. The molecule has 25 heavy (non-hydrogen) atoms. The van der Waals surface area contributed by atoms with Crippen LogP contribution < -0.4 is 4.90 Å². The highest BCUT2D eigenvalue weighted by Crippen LogP contribution is 2.33. The maximum atomic E-state index is 11.0. The fraction of sp³-hybridized carbons (Fsp3) is 0.333. The summed E-state index contributed by atoms with van der Waals surface area (Å²) in [4.78, 5) is 24.9. The molecular weight excluding hydrogens is 318 g/mol. The summed E-state index contributed by atoms with van der Waals surface area (Å²) in [5.41, 5.74) is 2.73. The molecule has 3 aromatic heterocycles. The van der Waals surface area contributed by atoms with Gasteiger partial charge in [0, 0.05) is 42.9 Å². The summed E-state index contributed by atoms with van der Waals surface area (Å²) in [7, 11) is 0. The molecule has 4 heterocycles. The van der Waals surface area contributed by atoms with Gasteiger partial charge in [-0.25, -0.2) is 9.97 Å². The van der Waals surface area contributed by atoms with E-state index in [9.17, 15) is 10.1 Å². The Morgan fingerprint density at radius 2 is 2.24 bits per heavy atom. The fourth-order valence-corrected chi connectivity index (χ4v) is 3.66. The standard InChI is InChI=1S/C18H19N5O2/c1-12-16(23(24)25)6-7-17(21-12)22-9-3-4-13(11-22)15-10-20-18-14(15)5-2-8-19-18/h2,5-8,10,13H,3-4,9,11H2,1H3,(H,19,20). The van der Waals surface area contributed by atoms with Crippen molar-refractivity contribution in [3.63, 3.8) is 0 Å². The molecule has 1 fully saturated rings. The van der Waals surface area contributed by atoms with Gasteiger partial charge in [-0.3, -0.25) is 10.1 Å². The van der Waals surface area contributed by atoms with Crippen LogP contribution in [0.4, 0.5) is 11.5 Å². The lowest BCUT2D eigenvalue weighted by atomic mass is 9.90. The molecule has 0 radical (unpaired) electrons. The van der Waals surface area contributed by atoms with E-state index in [1.54, 1.807) is 25.3 Å². The maximum absolute atomic E-state index is 11.0. The van der Waals surface area contributed by atoms with E-state index < -0.39 is 0 Å². The third-order valence-corrected chi connectivity index (χ3v) is 4.91. The van der Waals surface area contributed by atoms with E-state index in [1.165, 1.54) is 10.9 Å². The van der Waals surface area contributed by atoms with Crippen molar-refractivity contribution < 1.29 is 4.92 Å². The number of piperidine rings is 1. The summed E-state index contributed by atoms with van der Waals surface area (Å²) in [6.45, 7) is 3.46. The van der Waals surface area contributed by atoms with Crippen LogP contribution in [0.2, 0.25) is 0 Å². The zero-order chi connectivity index (χ0) is 17.4. The van der Waals surface area contributed by atoms with Crippen LogP contribution >= 0.6 is 0 Å². The SMILES string of the molecule is Cc1nc(N2CCCC(c3c[nH]c4ncccc34)C2)ccc1[N+](=O)[O-]. The molecule has 0 saturated carbocycles. The number of hydrogen-bond donors (Lipinski definition) is 1. The van der Waals surface area contributed by atoms with Crippen LogP contribution in [-0.4, -0.2) is 33.0 Å². The topological polar surface area (TPSA) is 88.0 Å². The van der Waals surface area contributed by atoms with Crippen LogP contribution in [-0.2, 0) is 0 Å². The number of hydrogen-bond acceptors (Lipinski definition) is 5. The number of rotatable bonds is 3. The average Bonchev–Trinajstić information content (AvgIpc) is 3.05. The van der Waals surface area contributed by atoms with Crippen molar-refractivity contribution in [1.29, 1.82) is 0 Å². The third kappa shape index (κ3) is 2.82. The predicted octanol–water partition coefficient (Wildman–Crippen LogP) is 3.56. The van der Waals surface area contributed by atoms with Crippen LogP contribution in [0.1, 0.15) is 30.0 Å². The van der Waals surface area contributed by atoms with Gasteiger partial charge in [0.1, 0.15) is 17.2 Å². The van der Waals surface area contributed by atoms with Gasteiger partial charge in [0.2, 0.25) is 0 Å². The van der Waals surface area contributed by atoms with Crippen LogP contribution in [0, 0.1) is 17.0 Å². The molecule has 0 amide bonds. The molecule has 0 bridgehead atoms. The van der Waals surface area contributed by atoms with E-state index in [2.05, 4.69) is 32.1 Å². The molecule has 7 heteroatoms. The second kappa shape index (κ2) is 6.16. The molecule has 7 nitrogen and oxygen atoms in total. The van der Waals surface area contributed by atoms with Gasteiger partial charge in [-0.05, 0) is 43.5 Å². The lowest BCUT2D eigenvalue weighted by molar-refractivity contribution is -0.385. The van der Waals surface area contributed by atoms with Crippen molar-refractivity contribution in [2.75, 3.05) is 18.0 Å². The number of fused-ring (bicyclic) bond motifs is 1. The first-order chi connectivity index (χ1) is 12.1. The molecule has 1 unspecified atom stereocenters. The molecule has 1 atom stereocenters. The summed E-state index contributed by atoms with van der Waals surface area (Å²) in [5, 5.41) is 12.2. The maximum Gasteiger partial charge on any atom is 0.290 e. The van der Waals surface area contributed by atoms with Gasteiger partial charge in [0.05, 0.1) is 4.92 Å². The monoisotopic (exact) mass is 337 g/mol. The first-order valence-electron chi connectivity index (χ1n) is 8.42. The van der Waals surface area contributed by atoms with E-state index in [0.29, 0.717) is 11.6 Å². The Kier molecular flexibility index (Phi) is 3.83. The van der Waals surface area contributed by atoms with Crippen molar-refractivity contribution in [2.24, 2.45) is 0 Å². The average molecular weight is 337 g/mol. The van der Waals surface area contributed by atoms with Crippen molar-refractivity contribution >= 4 is 22.5 Å². The molecule has 1 aliphatic rings. The minimum absolute atomic E-state index is 0.0695. The number of aromatic amines is 1. The number of anilines is 1. The number of nitrogens with one attached hydrogen (secondary N) is 1. The molecule has 3 aromatic rings. The Morgan fingerprint density at radius 1 is 1.36 bits per heavy atom. The molecule has 1 N–H and O–H groups in total. The second-order valence-corrected chi connectivity index (χ2v) is 6.46. The van der Waals surface area contributed by atoms with Gasteiger partial charge in [-0.15, -0.1) is 0 Å². The highest BCUT2D eigenvalue weighted by molar-refractivity contribution is 5.80. The Bertz CT molecular complexity index is 936. The van der Waals surface area contributed by atoms with Gasteiger partial charge in [0.15, 0.2) is 0 Å². The largest absolute Gasteiger partial charge is 0.356 e. The van der Waals surface area contributed by atoms with Gasteiger partial charge >= 0.3 is 0 Å². The zero-order valence-corrected chi connectivity index (χ0v) is 14.0. The van der Waals surface area contributed by atoms with Crippen LogP contribution in [0.15, 0.2) is 36.7 Å². The van der Waals surface area contributed by atoms with Crippen LogP contribution in [0.3, 0.4) is 0 Å². The van der Waals surface area contributed by atoms with E-state index >= 15 is 0 Å². The number of aromatic nitrogens is 3. The summed E-state index contributed by atoms with van der Waals surface area (Å²) in [5.74, 6) is 1.20. The molecule has 1 aliphatic heterocycles. The van der Waals surface area contributed by atoms with E-state index in [-0.39, 0.29) is 10.6 Å². The Labute approximate surface area is 144 Å². The van der Waals surface area contributed by atoms with Crippen molar-refractivity contribution in [3.8, 4) is 0 Å². The first-order valence-corrected chi connectivity index (χ1v) is 8.42. The Morgan fingerprint density at radius 3 is 3.04 bits per heavy atom. The van der Waals surface area contributed by atoms with Crippen molar-refractivity contribution in [2.45, 2.75) is 25.7 Å². The number of pyridine rings is 2. The number of nitrogens with zero attached hydrogens (tertiary/aromatic N) is 4. The molecule has 4 rings (SSSR count). The zero-order valence-electron chi connectivity index (χ0n) is 14.0. The lowest BCUT2D eigenvalue weighted by Crippen LogP contribution is -2.35. The number of aryl methyl sites for hydroxylation is 1. The smallest absolute Gasteiger partial charge is 0.290 e. The molecule has 0 aromatic carbocycles. The second-order valence-electron chi connectivity index (χ2n) is 6.46. The summed E-state index contributed by atoms with van der Waals surface area (Å²) in [6.07, 6.45) is 6.03. The molecule has 0 spiro atoms. The summed E-state index contributed by atoms with van der Waals surface area (Å²) in [6, 6.07) is 7.37. The predicted molar refractivity (Wildman–Crippen MR) is 95.9 cm³/mol. The fourth-order valence-electron chi connectivity index (χ4n) is 3.66. The third-order valence-electron chi connectivity index (χ3n) is 4.91. The van der Waals surface area contributed by atoms with Gasteiger partial charge < -0.3 is 9.88 Å². The highest BCUT2D eigenvalue weighted by Gasteiger charge is 2.25. The molecule has 128 valence electrons. The summed E-state index contributed by atoms with van der Waals surface area (Å²) < 4.78 is 0. The number of nitro groups is 1. The summed E-state index contributed by atoms with van der Waals surface area (Å²) >= 11 is 0. The van der Waals surface area contributed by atoms with Crippen molar-refractivity contribution in [1.82, 2.24) is 15.0 Å². The molecule has 1 saturated heterocycles. The normalized spacial score (nSPS) is 17.8. The van der Waals surface area contributed by atoms with Gasteiger partial charge in [0.25, 0.3) is 5.69 Å². The van der Waals surface area contributed by atoms with Gasteiger partial charge in [-0.1, -0.05) is 0 Å². The van der Waals surface area contributed by atoms with E-state index in [0.717, 1.165) is 37.4 Å². The molecular formula is C18H19N5O2. The Hall–Kier alpha value is -2.96. The first kappa shape index (κ1) is 15.6. The van der Waals surface area contributed by atoms with E-state index in [4.69, 9.17) is 0 Å². The highest BCUT2D eigenvalue weighted by atomic mass is 16.6. The van der Waals surface area contributed by atoms with Gasteiger partial charge in [-0.2, -0.15) is 0 Å². The van der Waals surface area contributed by atoms with Crippen molar-refractivity contribution in [3.05, 3.63) is 58.0 Å². The minimum atomic E-state index is -0.385. The Balaban J connectivity index is 1.61.